The van der Waals surface area contributed by atoms with Gasteiger partial charge in [-0.2, -0.15) is 0 Å². The molecule has 0 spiro atoms. The number of rotatable bonds is 4. The van der Waals surface area contributed by atoms with Crippen LogP contribution < -0.4 is 0 Å². The summed E-state index contributed by atoms with van der Waals surface area (Å²) in [6, 6.07) is 0.800. The molecule has 21 heavy (non-hydrogen) atoms. The van der Waals surface area contributed by atoms with Gasteiger partial charge in [0.15, 0.2) is 0 Å². The summed E-state index contributed by atoms with van der Waals surface area (Å²) in [7, 11) is 0. The van der Waals surface area contributed by atoms with Crippen molar-refractivity contribution in [1.82, 2.24) is 14.8 Å². The Labute approximate surface area is 123 Å². The molecule has 1 aromatic rings. The molecular formula is C15H20FN3O2. The molecule has 1 unspecified atom stereocenters. The number of hydrogen-bond acceptors (Lipinski definition) is 3. The molecule has 0 aliphatic carbocycles. The maximum atomic E-state index is 13.3. The third-order valence-electron chi connectivity index (χ3n) is 4.02. The highest BCUT2D eigenvalue weighted by Gasteiger charge is 2.53. The number of carbonyl (C=O) groups excluding carboxylic acids is 2. The lowest BCUT2D eigenvalue weighted by Gasteiger charge is -2.30. The summed E-state index contributed by atoms with van der Waals surface area (Å²) in [5.74, 6) is -0.654. The average Bonchev–Trinajstić information content (AvgIpc) is 2.60. The Morgan fingerprint density at radius 2 is 2.00 bits per heavy atom. The number of amides is 3. The second kappa shape index (κ2) is 5.42. The van der Waals surface area contributed by atoms with E-state index in [9.17, 15) is 14.0 Å². The van der Waals surface area contributed by atoms with Crippen molar-refractivity contribution in [3.8, 4) is 0 Å². The molecule has 5 nitrogen and oxygen atoms in total. The number of carbonyl (C=O) groups is 2. The Morgan fingerprint density at radius 3 is 2.52 bits per heavy atom. The van der Waals surface area contributed by atoms with Gasteiger partial charge in [-0.1, -0.05) is 6.92 Å². The van der Waals surface area contributed by atoms with Gasteiger partial charge in [-0.15, -0.1) is 0 Å². The summed E-state index contributed by atoms with van der Waals surface area (Å²) in [5, 5.41) is 0. The first-order valence-corrected chi connectivity index (χ1v) is 7.06. The second-order valence-electron chi connectivity index (χ2n) is 5.78. The molecule has 1 fully saturated rings. The normalized spacial score (nSPS) is 22.6. The standard InChI is InChI=1S/C15H20FN3O2/c1-5-15(4)13(20)19(10(2)3)14(21)18(15)9-11-6-12(16)8-17-7-11/h6-8,10H,5,9H2,1-4H3. The van der Waals surface area contributed by atoms with Gasteiger partial charge in [-0.25, -0.2) is 9.18 Å². The van der Waals surface area contributed by atoms with E-state index in [2.05, 4.69) is 4.98 Å². The van der Waals surface area contributed by atoms with E-state index in [1.807, 2.05) is 6.92 Å². The van der Waals surface area contributed by atoms with Crippen LogP contribution in [0.3, 0.4) is 0 Å². The molecule has 0 bridgehead atoms. The molecule has 1 saturated heterocycles. The number of pyridine rings is 1. The van der Waals surface area contributed by atoms with Crippen LogP contribution in [0.1, 0.15) is 39.7 Å². The van der Waals surface area contributed by atoms with Gasteiger partial charge in [0.2, 0.25) is 0 Å². The van der Waals surface area contributed by atoms with Crippen molar-refractivity contribution in [2.24, 2.45) is 0 Å². The molecular weight excluding hydrogens is 273 g/mol. The van der Waals surface area contributed by atoms with E-state index in [-0.39, 0.29) is 24.5 Å². The zero-order chi connectivity index (χ0) is 15.8. The van der Waals surface area contributed by atoms with Gasteiger partial charge < -0.3 is 4.90 Å². The highest BCUT2D eigenvalue weighted by atomic mass is 19.1. The van der Waals surface area contributed by atoms with Crippen molar-refractivity contribution in [3.05, 3.63) is 29.8 Å². The zero-order valence-corrected chi connectivity index (χ0v) is 12.8. The fourth-order valence-corrected chi connectivity index (χ4v) is 2.57. The quantitative estimate of drug-likeness (QED) is 0.802. The maximum absolute atomic E-state index is 13.3. The molecule has 1 aliphatic heterocycles. The Kier molecular flexibility index (Phi) is 3.98. The molecule has 2 rings (SSSR count). The number of hydrogen-bond donors (Lipinski definition) is 0. The molecule has 0 N–H and O–H groups in total. The molecule has 1 aromatic heterocycles. The fraction of sp³-hybridized carbons (Fsp3) is 0.533. The van der Waals surface area contributed by atoms with Crippen LogP contribution in [-0.4, -0.2) is 38.3 Å². The van der Waals surface area contributed by atoms with E-state index in [0.717, 1.165) is 6.20 Å². The SMILES string of the molecule is CCC1(C)C(=O)N(C(C)C)C(=O)N1Cc1cncc(F)c1. The molecule has 6 heteroatoms. The number of nitrogens with zero attached hydrogens (tertiary/aromatic N) is 3. The Hall–Kier alpha value is -1.98. The lowest BCUT2D eigenvalue weighted by molar-refractivity contribution is -0.133. The minimum absolute atomic E-state index is 0.170. The summed E-state index contributed by atoms with van der Waals surface area (Å²) in [6.45, 7) is 7.40. The van der Waals surface area contributed by atoms with Crippen LogP contribution in [0, 0.1) is 5.82 Å². The van der Waals surface area contributed by atoms with Crippen molar-refractivity contribution < 1.29 is 14.0 Å². The van der Waals surface area contributed by atoms with E-state index in [0.29, 0.717) is 12.0 Å². The number of urea groups is 1. The maximum Gasteiger partial charge on any atom is 0.328 e. The lowest BCUT2D eigenvalue weighted by Crippen LogP contribution is -2.46. The fourth-order valence-electron chi connectivity index (χ4n) is 2.57. The van der Waals surface area contributed by atoms with E-state index in [1.54, 1.807) is 20.8 Å². The summed E-state index contributed by atoms with van der Waals surface area (Å²) in [5.41, 5.74) is -0.324. The smallest absolute Gasteiger partial charge is 0.305 e. The van der Waals surface area contributed by atoms with Crippen molar-refractivity contribution in [2.75, 3.05) is 0 Å². The van der Waals surface area contributed by atoms with Crippen LogP contribution >= 0.6 is 0 Å². The van der Waals surface area contributed by atoms with Crippen LogP contribution in [0.4, 0.5) is 9.18 Å². The summed E-state index contributed by atoms with van der Waals surface area (Å²) in [6.07, 6.45) is 3.12. The van der Waals surface area contributed by atoms with E-state index >= 15 is 0 Å². The number of aromatic nitrogens is 1. The van der Waals surface area contributed by atoms with Crippen molar-refractivity contribution in [1.29, 1.82) is 0 Å². The topological polar surface area (TPSA) is 53.5 Å². The first-order valence-electron chi connectivity index (χ1n) is 7.06. The highest BCUT2D eigenvalue weighted by molar-refractivity contribution is 6.07. The van der Waals surface area contributed by atoms with Gasteiger partial charge >= 0.3 is 6.03 Å². The minimum Gasteiger partial charge on any atom is -0.305 e. The molecule has 0 aromatic carbocycles. The Balaban J connectivity index is 2.36. The van der Waals surface area contributed by atoms with Gasteiger partial charge in [-0.3, -0.25) is 14.7 Å². The largest absolute Gasteiger partial charge is 0.328 e. The summed E-state index contributed by atoms with van der Waals surface area (Å²) in [4.78, 5) is 31.7. The monoisotopic (exact) mass is 293 g/mol. The van der Waals surface area contributed by atoms with Crippen LogP contribution in [-0.2, 0) is 11.3 Å². The first kappa shape index (κ1) is 15.4. The van der Waals surface area contributed by atoms with Crippen LogP contribution in [0.2, 0.25) is 0 Å². The average molecular weight is 293 g/mol. The summed E-state index contributed by atoms with van der Waals surface area (Å²) < 4.78 is 13.3. The molecule has 114 valence electrons. The predicted molar refractivity (Wildman–Crippen MR) is 75.8 cm³/mol. The van der Waals surface area contributed by atoms with Crippen molar-refractivity contribution in [3.63, 3.8) is 0 Å². The number of imide groups is 1. The Morgan fingerprint density at radius 1 is 1.33 bits per heavy atom. The van der Waals surface area contributed by atoms with E-state index in [4.69, 9.17) is 0 Å². The third kappa shape index (κ3) is 2.50. The first-order chi connectivity index (χ1) is 9.81. The minimum atomic E-state index is -0.895. The van der Waals surface area contributed by atoms with Gasteiger partial charge in [-0.05, 0) is 38.8 Å². The number of halogens is 1. The van der Waals surface area contributed by atoms with Gasteiger partial charge in [0.05, 0.1) is 12.7 Å². The molecule has 1 atom stereocenters. The van der Waals surface area contributed by atoms with Gasteiger partial charge in [0.1, 0.15) is 11.4 Å². The predicted octanol–water partition coefficient (Wildman–Crippen LogP) is 2.56. The van der Waals surface area contributed by atoms with E-state index in [1.165, 1.54) is 22.1 Å². The third-order valence-corrected chi connectivity index (χ3v) is 4.02. The van der Waals surface area contributed by atoms with Crippen LogP contribution in [0.15, 0.2) is 18.5 Å². The van der Waals surface area contributed by atoms with Crippen molar-refractivity contribution in [2.45, 2.75) is 52.2 Å². The second-order valence-corrected chi connectivity index (χ2v) is 5.78. The lowest BCUT2D eigenvalue weighted by atomic mass is 9.96. The molecule has 3 amide bonds. The molecule has 0 radical (unpaired) electrons. The van der Waals surface area contributed by atoms with Gasteiger partial charge in [0.25, 0.3) is 5.91 Å². The van der Waals surface area contributed by atoms with E-state index < -0.39 is 11.4 Å². The van der Waals surface area contributed by atoms with Gasteiger partial charge in [0, 0.05) is 12.2 Å². The Bertz CT molecular complexity index is 576. The molecule has 1 aliphatic rings. The molecule has 2 heterocycles. The summed E-state index contributed by atoms with van der Waals surface area (Å²) >= 11 is 0. The van der Waals surface area contributed by atoms with Crippen LogP contribution in [0.25, 0.3) is 0 Å². The van der Waals surface area contributed by atoms with Crippen molar-refractivity contribution >= 4 is 11.9 Å². The zero-order valence-electron chi connectivity index (χ0n) is 12.8. The highest BCUT2D eigenvalue weighted by Crippen LogP contribution is 2.33. The van der Waals surface area contributed by atoms with Crippen LogP contribution in [0.5, 0.6) is 0 Å². The molecule has 0 saturated carbocycles.